The van der Waals surface area contributed by atoms with Crippen molar-refractivity contribution >= 4 is 5.97 Å². The van der Waals surface area contributed by atoms with Gasteiger partial charge in [-0.15, -0.1) is 0 Å². The van der Waals surface area contributed by atoms with Gasteiger partial charge in [-0.2, -0.15) is 5.10 Å². The predicted molar refractivity (Wildman–Crippen MR) is 74.9 cm³/mol. The summed E-state index contributed by atoms with van der Waals surface area (Å²) in [5, 5.41) is 4.40. The number of ether oxygens (including phenoxy) is 1. The zero-order valence-electron chi connectivity index (χ0n) is 13.0. The first-order chi connectivity index (χ1) is 8.44. The van der Waals surface area contributed by atoms with Gasteiger partial charge in [-0.25, -0.2) is 4.79 Å². The van der Waals surface area contributed by atoms with Crippen LogP contribution in [0.4, 0.5) is 0 Å². The molecule has 5 heteroatoms. The van der Waals surface area contributed by atoms with E-state index in [0.29, 0.717) is 6.54 Å². The van der Waals surface area contributed by atoms with Crippen LogP contribution in [0.2, 0.25) is 0 Å². The lowest BCUT2D eigenvalue weighted by Crippen LogP contribution is -2.51. The number of aromatic nitrogens is 2. The van der Waals surface area contributed by atoms with Crippen molar-refractivity contribution in [2.45, 2.75) is 66.2 Å². The van der Waals surface area contributed by atoms with Gasteiger partial charge >= 0.3 is 5.97 Å². The van der Waals surface area contributed by atoms with Gasteiger partial charge in [-0.3, -0.25) is 4.68 Å². The number of rotatable bonds is 3. The third-order valence-corrected chi connectivity index (χ3v) is 3.09. The van der Waals surface area contributed by atoms with Crippen LogP contribution in [-0.2, 0) is 16.1 Å². The van der Waals surface area contributed by atoms with E-state index in [2.05, 4.69) is 5.10 Å². The van der Waals surface area contributed by atoms with Crippen LogP contribution >= 0.6 is 0 Å². The molecule has 0 radical (unpaired) electrons. The maximum Gasteiger partial charge on any atom is 0.328 e. The van der Waals surface area contributed by atoms with E-state index in [1.165, 1.54) is 0 Å². The third kappa shape index (κ3) is 3.80. The van der Waals surface area contributed by atoms with Gasteiger partial charge in [0.25, 0.3) is 0 Å². The molecule has 0 bridgehead atoms. The average molecular weight is 267 g/mol. The van der Waals surface area contributed by atoms with Crippen molar-refractivity contribution in [1.82, 2.24) is 9.78 Å². The first-order valence-corrected chi connectivity index (χ1v) is 6.47. The molecular formula is C14H25N3O2. The summed E-state index contributed by atoms with van der Waals surface area (Å²) < 4.78 is 7.12. The van der Waals surface area contributed by atoms with Gasteiger partial charge in [-0.05, 0) is 54.0 Å². The van der Waals surface area contributed by atoms with Crippen LogP contribution in [0.25, 0.3) is 0 Å². The molecule has 0 saturated heterocycles. The molecule has 0 aliphatic carbocycles. The number of nitrogens with zero attached hydrogens (tertiary/aromatic N) is 2. The number of aryl methyl sites for hydroxylation is 1. The van der Waals surface area contributed by atoms with E-state index < -0.39 is 17.1 Å². The van der Waals surface area contributed by atoms with Gasteiger partial charge in [0.1, 0.15) is 11.1 Å². The number of nitrogens with two attached hydrogens (primary N) is 1. The van der Waals surface area contributed by atoms with E-state index in [0.717, 1.165) is 17.0 Å². The second-order valence-electron chi connectivity index (χ2n) is 6.37. The minimum absolute atomic E-state index is 0.308. The number of carbonyl (C=O) groups is 1. The molecule has 0 aliphatic heterocycles. The van der Waals surface area contributed by atoms with Gasteiger partial charge < -0.3 is 10.5 Å². The van der Waals surface area contributed by atoms with Crippen molar-refractivity contribution in [2.75, 3.05) is 0 Å². The van der Waals surface area contributed by atoms with Gasteiger partial charge in [0.05, 0.1) is 12.2 Å². The first-order valence-electron chi connectivity index (χ1n) is 6.47. The SMILES string of the molecule is Cc1nn(CC(C)(N)C(=O)OC(C)(C)C)c(C)c1C. The summed E-state index contributed by atoms with van der Waals surface area (Å²) in [6.07, 6.45) is 0. The molecule has 108 valence electrons. The minimum atomic E-state index is -1.09. The first kappa shape index (κ1) is 15.7. The summed E-state index contributed by atoms with van der Waals surface area (Å²) in [5.41, 5.74) is 7.57. The normalized spacial score (nSPS) is 15.2. The summed E-state index contributed by atoms with van der Waals surface area (Å²) in [7, 11) is 0. The lowest BCUT2D eigenvalue weighted by molar-refractivity contribution is -0.161. The number of hydrogen-bond donors (Lipinski definition) is 1. The molecule has 1 aromatic rings. The Labute approximate surface area is 115 Å². The lowest BCUT2D eigenvalue weighted by atomic mass is 10.0. The predicted octanol–water partition coefficient (Wildman–Crippen LogP) is 1.87. The van der Waals surface area contributed by atoms with Crippen LogP contribution in [0.15, 0.2) is 0 Å². The Morgan fingerprint density at radius 1 is 1.26 bits per heavy atom. The molecule has 0 aliphatic rings. The van der Waals surface area contributed by atoms with Gasteiger partial charge in [0.2, 0.25) is 0 Å². The summed E-state index contributed by atoms with van der Waals surface area (Å²) in [4.78, 5) is 12.1. The number of carbonyl (C=O) groups excluding carboxylic acids is 1. The van der Waals surface area contributed by atoms with E-state index in [-0.39, 0.29) is 0 Å². The van der Waals surface area contributed by atoms with Crippen LogP contribution in [0.3, 0.4) is 0 Å². The molecule has 5 nitrogen and oxygen atoms in total. The number of esters is 1. The third-order valence-electron chi connectivity index (χ3n) is 3.09. The Balaban J connectivity index is 2.90. The second kappa shape index (κ2) is 4.96. The fourth-order valence-electron chi connectivity index (χ4n) is 1.71. The molecule has 1 atom stereocenters. The van der Waals surface area contributed by atoms with Crippen LogP contribution in [0.5, 0.6) is 0 Å². The Hall–Kier alpha value is -1.36. The van der Waals surface area contributed by atoms with Crippen LogP contribution in [-0.4, -0.2) is 26.9 Å². The summed E-state index contributed by atoms with van der Waals surface area (Å²) >= 11 is 0. The molecule has 19 heavy (non-hydrogen) atoms. The highest BCUT2D eigenvalue weighted by molar-refractivity contribution is 5.80. The molecule has 0 saturated carbocycles. The molecular weight excluding hydrogens is 242 g/mol. The van der Waals surface area contributed by atoms with E-state index >= 15 is 0 Å². The fraction of sp³-hybridized carbons (Fsp3) is 0.714. The van der Waals surface area contributed by atoms with Crippen molar-refractivity contribution in [3.63, 3.8) is 0 Å². The minimum Gasteiger partial charge on any atom is -0.459 e. The topological polar surface area (TPSA) is 70.1 Å². The molecule has 1 heterocycles. The molecule has 0 aromatic carbocycles. The van der Waals surface area contributed by atoms with E-state index in [4.69, 9.17) is 10.5 Å². The molecule has 1 aromatic heterocycles. The van der Waals surface area contributed by atoms with Gasteiger partial charge in [0.15, 0.2) is 0 Å². The van der Waals surface area contributed by atoms with E-state index in [9.17, 15) is 4.79 Å². The summed E-state index contributed by atoms with van der Waals surface area (Å²) in [6, 6.07) is 0. The second-order valence-corrected chi connectivity index (χ2v) is 6.37. The van der Waals surface area contributed by atoms with Crippen molar-refractivity contribution in [3.05, 3.63) is 17.0 Å². The Kier molecular flexibility index (Phi) is 4.10. The largest absolute Gasteiger partial charge is 0.459 e. The highest BCUT2D eigenvalue weighted by Gasteiger charge is 2.34. The molecule has 1 rings (SSSR count). The highest BCUT2D eigenvalue weighted by atomic mass is 16.6. The fourth-order valence-corrected chi connectivity index (χ4v) is 1.71. The smallest absolute Gasteiger partial charge is 0.328 e. The Bertz CT molecular complexity index is 482. The maximum absolute atomic E-state index is 12.1. The molecule has 0 spiro atoms. The standard InChI is InChI=1S/C14H25N3O2/c1-9-10(2)16-17(11(9)3)8-14(7,15)12(18)19-13(4,5)6/h8,15H2,1-7H3. The van der Waals surface area contributed by atoms with Crippen LogP contribution in [0, 0.1) is 20.8 Å². The lowest BCUT2D eigenvalue weighted by Gasteiger charge is -2.28. The van der Waals surface area contributed by atoms with E-state index in [1.807, 2.05) is 41.5 Å². The monoisotopic (exact) mass is 267 g/mol. The van der Waals surface area contributed by atoms with Crippen molar-refractivity contribution in [2.24, 2.45) is 5.73 Å². The molecule has 0 fully saturated rings. The number of hydrogen-bond acceptors (Lipinski definition) is 4. The summed E-state index contributed by atoms with van der Waals surface area (Å²) in [6.45, 7) is 13.4. The zero-order chi connectivity index (χ0) is 15.0. The zero-order valence-corrected chi connectivity index (χ0v) is 13.0. The maximum atomic E-state index is 12.1. The summed E-state index contributed by atoms with van der Waals surface area (Å²) in [5.74, 6) is -0.412. The molecule has 1 unspecified atom stereocenters. The van der Waals surface area contributed by atoms with E-state index in [1.54, 1.807) is 11.6 Å². The Morgan fingerprint density at radius 3 is 2.16 bits per heavy atom. The Morgan fingerprint density at radius 2 is 1.79 bits per heavy atom. The van der Waals surface area contributed by atoms with Crippen LogP contribution < -0.4 is 5.73 Å². The van der Waals surface area contributed by atoms with Crippen molar-refractivity contribution in [1.29, 1.82) is 0 Å². The highest BCUT2D eigenvalue weighted by Crippen LogP contribution is 2.17. The quantitative estimate of drug-likeness (QED) is 0.849. The van der Waals surface area contributed by atoms with Crippen molar-refractivity contribution < 1.29 is 9.53 Å². The van der Waals surface area contributed by atoms with Crippen molar-refractivity contribution in [3.8, 4) is 0 Å². The van der Waals surface area contributed by atoms with Gasteiger partial charge in [0, 0.05) is 5.69 Å². The molecule has 2 N–H and O–H groups in total. The van der Waals surface area contributed by atoms with Crippen LogP contribution in [0.1, 0.15) is 44.6 Å². The average Bonchev–Trinajstić information content (AvgIpc) is 2.43. The van der Waals surface area contributed by atoms with Gasteiger partial charge in [-0.1, -0.05) is 0 Å². The molecule has 0 amide bonds.